The lowest BCUT2D eigenvalue weighted by molar-refractivity contribution is 0.675. The van der Waals surface area contributed by atoms with E-state index in [4.69, 9.17) is 11.6 Å². The molecule has 18 heavy (non-hydrogen) atoms. The van der Waals surface area contributed by atoms with Gasteiger partial charge in [-0.2, -0.15) is 5.10 Å². The molecule has 3 nitrogen and oxygen atoms in total. The predicted molar refractivity (Wildman–Crippen MR) is 75.3 cm³/mol. The Morgan fingerprint density at radius 3 is 2.56 bits per heavy atom. The van der Waals surface area contributed by atoms with E-state index in [2.05, 4.69) is 41.6 Å². The summed E-state index contributed by atoms with van der Waals surface area (Å²) < 4.78 is 1.81. The van der Waals surface area contributed by atoms with Crippen LogP contribution in [0.4, 0.5) is 0 Å². The molecule has 0 aliphatic carbocycles. The number of halogens is 1. The zero-order chi connectivity index (χ0) is 13.0. The van der Waals surface area contributed by atoms with Gasteiger partial charge in [0.05, 0.1) is 16.4 Å². The second-order valence-electron chi connectivity index (χ2n) is 4.35. The van der Waals surface area contributed by atoms with Gasteiger partial charge in [0.2, 0.25) is 0 Å². The van der Waals surface area contributed by atoms with E-state index in [0.29, 0.717) is 5.02 Å². The average molecular weight is 264 g/mol. The van der Waals surface area contributed by atoms with Crippen molar-refractivity contribution in [2.45, 2.75) is 26.8 Å². The van der Waals surface area contributed by atoms with Gasteiger partial charge in [0.1, 0.15) is 0 Å². The molecule has 0 saturated carbocycles. The molecule has 0 saturated heterocycles. The van der Waals surface area contributed by atoms with Crippen LogP contribution in [0.2, 0.25) is 5.02 Å². The van der Waals surface area contributed by atoms with Crippen LogP contribution in [0.1, 0.15) is 24.6 Å². The molecule has 1 N–H and O–H groups in total. The first-order chi connectivity index (χ1) is 8.70. The number of hydrogen-bond acceptors (Lipinski definition) is 2. The molecule has 0 aliphatic rings. The number of hydrogen-bond donors (Lipinski definition) is 1. The number of aromatic nitrogens is 2. The second-order valence-corrected chi connectivity index (χ2v) is 4.76. The van der Waals surface area contributed by atoms with Crippen molar-refractivity contribution in [3.63, 3.8) is 0 Å². The largest absolute Gasteiger partial charge is 0.313 e. The summed E-state index contributed by atoms with van der Waals surface area (Å²) in [6.45, 7) is 6.03. The van der Waals surface area contributed by atoms with Crippen molar-refractivity contribution in [1.29, 1.82) is 0 Å². The molecule has 0 spiro atoms. The molecule has 0 fully saturated rings. The standard InChI is InChI=1S/C14H18ClN3/c1-3-8-16-9-12-4-6-13(7-5-12)18-10-14(15)11(2)17-18/h4-7,10,16H,3,8-9H2,1-2H3. The fourth-order valence-electron chi connectivity index (χ4n) is 1.75. The van der Waals surface area contributed by atoms with Crippen molar-refractivity contribution in [2.24, 2.45) is 0 Å². The molecular formula is C14H18ClN3. The molecule has 2 aromatic rings. The summed E-state index contributed by atoms with van der Waals surface area (Å²) in [5.41, 5.74) is 3.16. The van der Waals surface area contributed by atoms with Crippen LogP contribution in [0.15, 0.2) is 30.5 Å². The van der Waals surface area contributed by atoms with Gasteiger partial charge in [-0.05, 0) is 37.6 Å². The SMILES string of the molecule is CCCNCc1ccc(-n2cc(Cl)c(C)n2)cc1. The van der Waals surface area contributed by atoms with Crippen LogP contribution < -0.4 is 5.32 Å². The van der Waals surface area contributed by atoms with Crippen LogP contribution in [-0.4, -0.2) is 16.3 Å². The Hall–Kier alpha value is -1.32. The summed E-state index contributed by atoms with van der Waals surface area (Å²) in [7, 11) is 0. The Morgan fingerprint density at radius 1 is 1.28 bits per heavy atom. The highest BCUT2D eigenvalue weighted by Gasteiger charge is 2.03. The van der Waals surface area contributed by atoms with Gasteiger partial charge in [0, 0.05) is 12.7 Å². The van der Waals surface area contributed by atoms with Crippen molar-refractivity contribution >= 4 is 11.6 Å². The number of aryl methyl sites for hydroxylation is 1. The van der Waals surface area contributed by atoms with Crippen LogP contribution in [0.5, 0.6) is 0 Å². The summed E-state index contributed by atoms with van der Waals surface area (Å²) in [6.07, 6.45) is 2.99. The first-order valence-corrected chi connectivity index (χ1v) is 6.60. The minimum absolute atomic E-state index is 0.698. The number of rotatable bonds is 5. The third kappa shape index (κ3) is 3.12. The van der Waals surface area contributed by atoms with Crippen LogP contribution in [-0.2, 0) is 6.54 Å². The van der Waals surface area contributed by atoms with Gasteiger partial charge in [-0.25, -0.2) is 4.68 Å². The van der Waals surface area contributed by atoms with Crippen molar-refractivity contribution < 1.29 is 0 Å². The van der Waals surface area contributed by atoms with E-state index in [1.165, 1.54) is 5.56 Å². The lowest BCUT2D eigenvalue weighted by Crippen LogP contribution is -2.13. The first kappa shape index (κ1) is 13.1. The van der Waals surface area contributed by atoms with Gasteiger partial charge < -0.3 is 5.32 Å². The smallest absolute Gasteiger partial charge is 0.0819 e. The summed E-state index contributed by atoms with van der Waals surface area (Å²) in [5, 5.41) is 8.43. The fraction of sp³-hybridized carbons (Fsp3) is 0.357. The van der Waals surface area contributed by atoms with E-state index in [9.17, 15) is 0 Å². The van der Waals surface area contributed by atoms with E-state index in [-0.39, 0.29) is 0 Å². The molecule has 96 valence electrons. The lowest BCUT2D eigenvalue weighted by atomic mass is 10.2. The molecular weight excluding hydrogens is 246 g/mol. The second kappa shape index (κ2) is 6.03. The molecule has 4 heteroatoms. The van der Waals surface area contributed by atoms with Crippen LogP contribution >= 0.6 is 11.6 Å². The van der Waals surface area contributed by atoms with Gasteiger partial charge in [0.25, 0.3) is 0 Å². The molecule has 0 radical (unpaired) electrons. The molecule has 0 unspecified atom stereocenters. The van der Waals surface area contributed by atoms with E-state index in [1.807, 2.05) is 13.1 Å². The Bertz CT molecular complexity index is 483. The van der Waals surface area contributed by atoms with Gasteiger partial charge in [-0.15, -0.1) is 0 Å². The molecule has 2 rings (SSSR count). The Labute approximate surface area is 113 Å². The van der Waals surface area contributed by atoms with E-state index < -0.39 is 0 Å². The molecule has 0 atom stereocenters. The van der Waals surface area contributed by atoms with Gasteiger partial charge in [-0.3, -0.25) is 0 Å². The maximum atomic E-state index is 6.00. The van der Waals surface area contributed by atoms with Gasteiger partial charge in [0.15, 0.2) is 0 Å². The topological polar surface area (TPSA) is 29.9 Å². The minimum Gasteiger partial charge on any atom is -0.313 e. The number of benzene rings is 1. The van der Waals surface area contributed by atoms with E-state index in [0.717, 1.165) is 30.9 Å². The lowest BCUT2D eigenvalue weighted by Gasteiger charge is -2.05. The number of nitrogens with one attached hydrogen (secondary N) is 1. The Balaban J connectivity index is 2.07. The monoisotopic (exact) mass is 263 g/mol. The molecule has 0 amide bonds. The summed E-state index contributed by atoms with van der Waals surface area (Å²) >= 11 is 6.00. The predicted octanol–water partition coefficient (Wildman–Crippen LogP) is 3.33. The highest BCUT2D eigenvalue weighted by Crippen LogP contribution is 2.16. The third-order valence-corrected chi connectivity index (χ3v) is 3.17. The zero-order valence-electron chi connectivity index (χ0n) is 10.8. The number of nitrogens with zero attached hydrogens (tertiary/aromatic N) is 2. The average Bonchev–Trinajstić information content (AvgIpc) is 2.71. The summed E-state index contributed by atoms with van der Waals surface area (Å²) in [5.74, 6) is 0. The third-order valence-electron chi connectivity index (χ3n) is 2.80. The van der Waals surface area contributed by atoms with Crippen LogP contribution in [0.25, 0.3) is 5.69 Å². The molecule has 1 aromatic heterocycles. The maximum Gasteiger partial charge on any atom is 0.0819 e. The Morgan fingerprint density at radius 2 is 2.00 bits per heavy atom. The normalized spacial score (nSPS) is 10.8. The van der Waals surface area contributed by atoms with Crippen molar-refractivity contribution in [1.82, 2.24) is 15.1 Å². The van der Waals surface area contributed by atoms with Gasteiger partial charge in [-0.1, -0.05) is 30.7 Å². The molecule has 0 aliphatic heterocycles. The van der Waals surface area contributed by atoms with E-state index in [1.54, 1.807) is 4.68 Å². The van der Waals surface area contributed by atoms with E-state index >= 15 is 0 Å². The maximum absolute atomic E-state index is 6.00. The minimum atomic E-state index is 0.698. The Kier molecular flexibility index (Phi) is 4.39. The summed E-state index contributed by atoms with van der Waals surface area (Å²) in [6, 6.07) is 8.35. The van der Waals surface area contributed by atoms with Crippen LogP contribution in [0, 0.1) is 6.92 Å². The van der Waals surface area contributed by atoms with Gasteiger partial charge >= 0.3 is 0 Å². The summed E-state index contributed by atoms with van der Waals surface area (Å²) in [4.78, 5) is 0. The fourth-order valence-corrected chi connectivity index (χ4v) is 1.88. The molecule has 1 heterocycles. The zero-order valence-corrected chi connectivity index (χ0v) is 11.5. The van der Waals surface area contributed by atoms with Crippen molar-refractivity contribution in [3.8, 4) is 5.69 Å². The highest BCUT2D eigenvalue weighted by molar-refractivity contribution is 6.31. The van der Waals surface area contributed by atoms with Crippen molar-refractivity contribution in [2.75, 3.05) is 6.54 Å². The van der Waals surface area contributed by atoms with Crippen molar-refractivity contribution in [3.05, 3.63) is 46.7 Å². The quantitative estimate of drug-likeness (QED) is 0.839. The first-order valence-electron chi connectivity index (χ1n) is 6.22. The molecule has 1 aromatic carbocycles. The molecule has 0 bridgehead atoms. The highest BCUT2D eigenvalue weighted by atomic mass is 35.5. The van der Waals surface area contributed by atoms with Crippen LogP contribution in [0.3, 0.4) is 0 Å².